The fourth-order valence-electron chi connectivity index (χ4n) is 2.53. The smallest absolute Gasteiger partial charge is 0.00765 e. The van der Waals surface area contributed by atoms with Crippen LogP contribution in [0.4, 0.5) is 0 Å². The lowest BCUT2D eigenvalue weighted by molar-refractivity contribution is 0.390. The molecule has 0 saturated heterocycles. The Balaban J connectivity index is 3.59. The minimum absolute atomic E-state index is 0.592. The lowest BCUT2D eigenvalue weighted by Crippen LogP contribution is -2.34. The lowest BCUT2D eigenvalue weighted by atomic mass is 10.0. The van der Waals surface area contributed by atoms with Crippen molar-refractivity contribution in [1.29, 1.82) is 0 Å². The molecule has 3 unspecified atom stereocenters. The second-order valence-corrected chi connectivity index (χ2v) is 5.97. The molecule has 0 bridgehead atoms. The number of nitrogens with two attached hydrogens (primary N) is 2. The molecule has 0 amide bonds. The predicted octanol–water partition coefficient (Wildman–Crippen LogP) is 1.84. The van der Waals surface area contributed by atoms with Crippen LogP contribution in [-0.4, -0.2) is 38.3 Å². The van der Waals surface area contributed by atoms with Crippen molar-refractivity contribution in [3.63, 3.8) is 0 Å². The summed E-state index contributed by atoms with van der Waals surface area (Å²) in [7, 11) is 0. The van der Waals surface area contributed by atoms with Gasteiger partial charge in [-0.1, -0.05) is 20.8 Å². The lowest BCUT2D eigenvalue weighted by Gasteiger charge is -2.20. The summed E-state index contributed by atoms with van der Waals surface area (Å²) in [5, 5.41) is 7.24. The molecule has 0 spiro atoms. The first kappa shape index (κ1) is 19.8. The summed E-state index contributed by atoms with van der Waals surface area (Å²) in [6, 6.07) is 1.19. The molecule has 4 heteroatoms. The Labute approximate surface area is 126 Å². The Morgan fingerprint density at radius 3 is 1.90 bits per heavy atom. The van der Waals surface area contributed by atoms with Gasteiger partial charge in [0, 0.05) is 12.1 Å². The van der Waals surface area contributed by atoms with Gasteiger partial charge in [0.25, 0.3) is 0 Å². The second kappa shape index (κ2) is 13.8. The van der Waals surface area contributed by atoms with E-state index in [2.05, 4.69) is 31.4 Å². The van der Waals surface area contributed by atoms with E-state index in [9.17, 15) is 0 Å². The molecule has 20 heavy (non-hydrogen) atoms. The fraction of sp³-hybridized carbons (Fsp3) is 1.00. The van der Waals surface area contributed by atoms with E-state index in [1.54, 1.807) is 0 Å². The summed E-state index contributed by atoms with van der Waals surface area (Å²) in [4.78, 5) is 0. The molecule has 0 aliphatic rings. The molecule has 0 rings (SSSR count). The van der Waals surface area contributed by atoms with E-state index in [0.717, 1.165) is 44.9 Å². The van der Waals surface area contributed by atoms with Gasteiger partial charge in [-0.2, -0.15) is 0 Å². The largest absolute Gasteiger partial charge is 0.330 e. The molecule has 3 atom stereocenters. The van der Waals surface area contributed by atoms with Gasteiger partial charge in [-0.3, -0.25) is 0 Å². The summed E-state index contributed by atoms with van der Waals surface area (Å²) in [6.45, 7) is 10.6. The highest BCUT2D eigenvalue weighted by molar-refractivity contribution is 4.69. The summed E-state index contributed by atoms with van der Waals surface area (Å²) in [5.74, 6) is 0.734. The topological polar surface area (TPSA) is 76.1 Å². The van der Waals surface area contributed by atoms with Crippen molar-refractivity contribution in [1.82, 2.24) is 10.6 Å². The predicted molar refractivity (Wildman–Crippen MR) is 89.9 cm³/mol. The van der Waals surface area contributed by atoms with Gasteiger partial charge in [-0.15, -0.1) is 0 Å². The maximum atomic E-state index is 5.62. The molecule has 122 valence electrons. The first-order valence-electron chi connectivity index (χ1n) is 8.54. The fourth-order valence-corrected chi connectivity index (χ4v) is 2.53. The Hall–Kier alpha value is -0.160. The molecule has 0 aromatic rings. The molecular weight excluding hydrogens is 248 g/mol. The SMILES string of the molecule is CCC(CCN)NCCCC(C)CNC(CC)CCN. The van der Waals surface area contributed by atoms with E-state index in [1.807, 2.05) is 0 Å². The van der Waals surface area contributed by atoms with Crippen molar-refractivity contribution in [2.45, 2.75) is 71.4 Å². The van der Waals surface area contributed by atoms with E-state index >= 15 is 0 Å². The molecule has 4 nitrogen and oxygen atoms in total. The summed E-state index contributed by atoms with van der Waals surface area (Å²) in [5.41, 5.74) is 11.2. The third-order valence-electron chi connectivity index (χ3n) is 4.08. The molecule has 0 saturated carbocycles. The minimum atomic E-state index is 0.592. The molecule has 0 radical (unpaired) electrons. The van der Waals surface area contributed by atoms with Gasteiger partial charge in [0.2, 0.25) is 0 Å². The van der Waals surface area contributed by atoms with E-state index < -0.39 is 0 Å². The molecule has 0 aliphatic heterocycles. The monoisotopic (exact) mass is 286 g/mol. The van der Waals surface area contributed by atoms with Crippen molar-refractivity contribution in [2.24, 2.45) is 17.4 Å². The average molecular weight is 287 g/mol. The molecule has 0 heterocycles. The van der Waals surface area contributed by atoms with Crippen molar-refractivity contribution < 1.29 is 0 Å². The molecule has 0 fully saturated rings. The van der Waals surface area contributed by atoms with E-state index in [1.165, 1.54) is 25.7 Å². The molecule has 0 aliphatic carbocycles. The molecule has 0 aromatic carbocycles. The van der Waals surface area contributed by atoms with Gasteiger partial charge >= 0.3 is 0 Å². The van der Waals surface area contributed by atoms with Gasteiger partial charge in [0.05, 0.1) is 0 Å². The van der Waals surface area contributed by atoms with E-state index in [4.69, 9.17) is 11.5 Å². The van der Waals surface area contributed by atoms with Crippen LogP contribution >= 0.6 is 0 Å². The molecular formula is C16H38N4. The normalized spacial score (nSPS) is 16.1. The maximum absolute atomic E-state index is 5.62. The average Bonchev–Trinajstić information content (AvgIpc) is 2.46. The van der Waals surface area contributed by atoms with Crippen LogP contribution in [-0.2, 0) is 0 Å². The highest BCUT2D eigenvalue weighted by Crippen LogP contribution is 2.06. The first-order valence-corrected chi connectivity index (χ1v) is 8.54. The highest BCUT2D eigenvalue weighted by Gasteiger charge is 2.08. The Morgan fingerprint density at radius 2 is 1.40 bits per heavy atom. The number of hydrogen-bond donors (Lipinski definition) is 4. The van der Waals surface area contributed by atoms with Crippen molar-refractivity contribution in [3.8, 4) is 0 Å². The Bertz CT molecular complexity index is 199. The van der Waals surface area contributed by atoms with Gasteiger partial charge in [-0.05, 0) is 70.6 Å². The van der Waals surface area contributed by atoms with Gasteiger partial charge in [0.1, 0.15) is 0 Å². The zero-order valence-electron chi connectivity index (χ0n) is 14.0. The van der Waals surface area contributed by atoms with Crippen LogP contribution in [0.1, 0.15) is 59.3 Å². The van der Waals surface area contributed by atoms with E-state index in [0.29, 0.717) is 12.1 Å². The number of hydrogen-bond acceptors (Lipinski definition) is 4. The third kappa shape index (κ3) is 10.6. The standard InChI is InChI=1S/C16H38N4/c1-4-15(8-10-17)19-12-6-7-14(3)13-20-16(5-2)9-11-18/h14-16,19-20H,4-13,17-18H2,1-3H3. The van der Waals surface area contributed by atoms with Crippen LogP contribution in [0.2, 0.25) is 0 Å². The number of nitrogens with one attached hydrogen (secondary N) is 2. The van der Waals surface area contributed by atoms with Gasteiger partial charge < -0.3 is 22.1 Å². The van der Waals surface area contributed by atoms with Crippen LogP contribution in [0.3, 0.4) is 0 Å². The van der Waals surface area contributed by atoms with Crippen LogP contribution in [0.15, 0.2) is 0 Å². The summed E-state index contributed by atoms with van der Waals surface area (Å²) >= 11 is 0. The van der Waals surface area contributed by atoms with Crippen molar-refractivity contribution in [2.75, 3.05) is 26.2 Å². The van der Waals surface area contributed by atoms with E-state index in [-0.39, 0.29) is 0 Å². The Morgan fingerprint density at radius 1 is 0.850 bits per heavy atom. The highest BCUT2D eigenvalue weighted by atomic mass is 14.9. The second-order valence-electron chi connectivity index (χ2n) is 5.97. The number of rotatable bonds is 14. The minimum Gasteiger partial charge on any atom is -0.330 e. The quantitative estimate of drug-likeness (QED) is 0.368. The first-order chi connectivity index (χ1) is 9.67. The summed E-state index contributed by atoms with van der Waals surface area (Å²) < 4.78 is 0. The van der Waals surface area contributed by atoms with Gasteiger partial charge in [0.15, 0.2) is 0 Å². The third-order valence-corrected chi connectivity index (χ3v) is 4.08. The maximum Gasteiger partial charge on any atom is 0.00765 e. The van der Waals surface area contributed by atoms with Crippen molar-refractivity contribution in [3.05, 3.63) is 0 Å². The van der Waals surface area contributed by atoms with Gasteiger partial charge in [-0.25, -0.2) is 0 Å². The zero-order valence-corrected chi connectivity index (χ0v) is 14.0. The summed E-state index contributed by atoms with van der Waals surface area (Å²) in [6.07, 6.45) is 7.04. The van der Waals surface area contributed by atoms with Crippen LogP contribution in [0.5, 0.6) is 0 Å². The zero-order chi connectivity index (χ0) is 15.2. The molecule has 6 N–H and O–H groups in total. The van der Waals surface area contributed by atoms with Crippen LogP contribution < -0.4 is 22.1 Å². The van der Waals surface area contributed by atoms with Crippen LogP contribution in [0.25, 0.3) is 0 Å². The van der Waals surface area contributed by atoms with Crippen molar-refractivity contribution >= 4 is 0 Å². The van der Waals surface area contributed by atoms with Crippen LogP contribution in [0, 0.1) is 5.92 Å². The Kier molecular flexibility index (Phi) is 13.7. The molecule has 0 aromatic heterocycles.